The van der Waals surface area contributed by atoms with Crippen molar-refractivity contribution < 1.29 is 26.7 Å². The summed E-state index contributed by atoms with van der Waals surface area (Å²) in [7, 11) is 0. The Hall–Kier alpha value is -3.41. The minimum atomic E-state index is -3.37. The summed E-state index contributed by atoms with van der Waals surface area (Å²) in [5.41, 5.74) is 2.53. The molecule has 0 aliphatic rings. The minimum Gasteiger partial charge on any atom is -0.429 e. The molecule has 0 spiro atoms. The van der Waals surface area contributed by atoms with Crippen molar-refractivity contribution in [2.75, 3.05) is 0 Å². The summed E-state index contributed by atoms with van der Waals surface area (Å²) in [6.45, 7) is -1.18. The van der Waals surface area contributed by atoms with Crippen LogP contribution < -0.4 is 4.74 Å². The molecule has 35 heavy (non-hydrogen) atoms. The van der Waals surface area contributed by atoms with Gasteiger partial charge in [-0.15, -0.1) is 0 Å². The molecule has 0 unspecified atom stereocenters. The molecule has 0 saturated carbocycles. The number of ether oxygens (including phenoxy) is 1. The van der Waals surface area contributed by atoms with E-state index in [1.807, 2.05) is 18.2 Å². The lowest BCUT2D eigenvalue weighted by molar-refractivity contribution is -0.0546. The quantitative estimate of drug-likeness (QED) is 0.170. The molecular formula is C29H25F5O. The molecule has 6 heteroatoms. The van der Waals surface area contributed by atoms with Crippen LogP contribution >= 0.6 is 0 Å². The monoisotopic (exact) mass is 484 g/mol. The highest BCUT2D eigenvalue weighted by Gasteiger charge is 2.19. The lowest BCUT2D eigenvalue weighted by Gasteiger charge is -2.11. The SMILES string of the molecule is CCCCCCc1ccc2cc(-c3ccc(-c4cc(F)c(OC(F)F)c(F)c4)c(F)c3)ccc2c1. The van der Waals surface area contributed by atoms with E-state index in [0.717, 1.165) is 34.9 Å². The zero-order chi connectivity index (χ0) is 24.9. The van der Waals surface area contributed by atoms with Gasteiger partial charge in [-0.05, 0) is 70.1 Å². The predicted molar refractivity (Wildman–Crippen MR) is 129 cm³/mol. The number of alkyl halides is 2. The molecule has 0 fully saturated rings. The van der Waals surface area contributed by atoms with Gasteiger partial charge in [-0.3, -0.25) is 0 Å². The van der Waals surface area contributed by atoms with Gasteiger partial charge >= 0.3 is 6.61 Å². The van der Waals surface area contributed by atoms with E-state index < -0.39 is 29.8 Å². The standard InChI is InChI=1S/C29H25F5O/c1-2-3-4-5-6-18-7-8-20-14-21(10-9-19(20)13-18)22-11-12-24(25(30)15-22)23-16-26(31)28(27(32)17-23)35-29(33)34/h7-17,29H,2-6H2,1H3. The second kappa shape index (κ2) is 10.9. The van der Waals surface area contributed by atoms with E-state index >= 15 is 0 Å². The molecular weight excluding hydrogens is 459 g/mol. The summed E-state index contributed by atoms with van der Waals surface area (Å²) in [6.07, 6.45) is 5.88. The number of unbranched alkanes of at least 4 members (excludes halogenated alkanes) is 3. The molecule has 0 saturated heterocycles. The molecule has 0 N–H and O–H groups in total. The molecule has 0 heterocycles. The van der Waals surface area contributed by atoms with Crippen molar-refractivity contribution in [1.29, 1.82) is 0 Å². The summed E-state index contributed by atoms with van der Waals surface area (Å²) in [4.78, 5) is 0. The average Bonchev–Trinajstić information content (AvgIpc) is 2.83. The fourth-order valence-electron chi connectivity index (χ4n) is 4.23. The van der Waals surface area contributed by atoms with Gasteiger partial charge in [-0.2, -0.15) is 8.78 Å². The van der Waals surface area contributed by atoms with Crippen molar-refractivity contribution in [1.82, 2.24) is 0 Å². The predicted octanol–water partition coefficient (Wildman–Crippen LogP) is 9.32. The number of benzene rings is 4. The Labute approximate surface area is 201 Å². The Balaban J connectivity index is 1.57. The van der Waals surface area contributed by atoms with Crippen molar-refractivity contribution in [2.45, 2.75) is 45.6 Å². The number of aryl methyl sites for hydroxylation is 1. The number of rotatable bonds is 9. The summed E-state index contributed by atoms with van der Waals surface area (Å²) in [5.74, 6) is -4.54. The van der Waals surface area contributed by atoms with Gasteiger partial charge in [0.15, 0.2) is 17.4 Å². The Morgan fingerprint density at radius 1 is 0.657 bits per heavy atom. The van der Waals surface area contributed by atoms with E-state index in [1.54, 1.807) is 6.07 Å². The second-order valence-electron chi connectivity index (χ2n) is 8.55. The topological polar surface area (TPSA) is 9.23 Å². The Morgan fingerprint density at radius 3 is 1.97 bits per heavy atom. The van der Waals surface area contributed by atoms with E-state index in [2.05, 4.69) is 29.9 Å². The fourth-order valence-corrected chi connectivity index (χ4v) is 4.23. The van der Waals surface area contributed by atoms with Crippen LogP contribution in [0.5, 0.6) is 5.75 Å². The van der Waals surface area contributed by atoms with Gasteiger partial charge in [-0.25, -0.2) is 13.2 Å². The third-order valence-electron chi connectivity index (χ3n) is 6.04. The lowest BCUT2D eigenvalue weighted by atomic mass is 9.96. The van der Waals surface area contributed by atoms with Crippen LogP contribution in [0, 0.1) is 17.5 Å². The average molecular weight is 485 g/mol. The van der Waals surface area contributed by atoms with Gasteiger partial charge in [-0.1, -0.05) is 68.7 Å². The smallest absolute Gasteiger partial charge is 0.387 e. The molecule has 0 aliphatic heterocycles. The van der Waals surface area contributed by atoms with Crippen LogP contribution in [-0.4, -0.2) is 6.61 Å². The van der Waals surface area contributed by atoms with Gasteiger partial charge in [0.2, 0.25) is 0 Å². The maximum absolute atomic E-state index is 14.9. The van der Waals surface area contributed by atoms with Crippen molar-refractivity contribution in [3.63, 3.8) is 0 Å². The summed E-state index contributed by atoms with van der Waals surface area (Å²) >= 11 is 0. The first-order chi connectivity index (χ1) is 16.9. The van der Waals surface area contributed by atoms with E-state index in [4.69, 9.17) is 0 Å². The van der Waals surface area contributed by atoms with Crippen molar-refractivity contribution in [3.05, 3.63) is 89.7 Å². The largest absolute Gasteiger partial charge is 0.429 e. The fraction of sp³-hybridized carbons (Fsp3) is 0.241. The Bertz CT molecular complexity index is 1310. The van der Waals surface area contributed by atoms with Gasteiger partial charge in [0.1, 0.15) is 5.82 Å². The number of hydrogen-bond acceptors (Lipinski definition) is 1. The first kappa shape index (κ1) is 24.7. The maximum atomic E-state index is 14.9. The first-order valence-electron chi connectivity index (χ1n) is 11.6. The molecule has 4 aromatic carbocycles. The van der Waals surface area contributed by atoms with Crippen LogP contribution in [0.25, 0.3) is 33.0 Å². The highest BCUT2D eigenvalue weighted by atomic mass is 19.3. The molecule has 0 amide bonds. The van der Waals surface area contributed by atoms with Crippen LogP contribution in [0.2, 0.25) is 0 Å². The molecule has 4 aromatic rings. The van der Waals surface area contributed by atoms with Crippen molar-refractivity contribution in [2.24, 2.45) is 0 Å². The third kappa shape index (κ3) is 5.81. The number of fused-ring (bicyclic) bond motifs is 1. The molecule has 0 aliphatic carbocycles. The Morgan fingerprint density at radius 2 is 1.29 bits per heavy atom. The van der Waals surface area contributed by atoms with Gasteiger partial charge in [0, 0.05) is 5.56 Å². The van der Waals surface area contributed by atoms with E-state index in [9.17, 15) is 22.0 Å². The number of halogens is 5. The van der Waals surface area contributed by atoms with Crippen LogP contribution in [0.4, 0.5) is 22.0 Å². The normalized spacial score (nSPS) is 11.4. The highest BCUT2D eigenvalue weighted by molar-refractivity contribution is 5.88. The van der Waals surface area contributed by atoms with Crippen LogP contribution in [-0.2, 0) is 6.42 Å². The molecule has 1 nitrogen and oxygen atoms in total. The molecule has 0 atom stereocenters. The summed E-state index contributed by atoms with van der Waals surface area (Å²) in [5, 5.41) is 2.14. The zero-order valence-corrected chi connectivity index (χ0v) is 19.3. The summed E-state index contributed by atoms with van der Waals surface area (Å²) in [6, 6.07) is 18.1. The molecule has 0 aromatic heterocycles. The van der Waals surface area contributed by atoms with Gasteiger partial charge in [0.05, 0.1) is 0 Å². The van der Waals surface area contributed by atoms with Gasteiger partial charge < -0.3 is 4.74 Å². The van der Waals surface area contributed by atoms with Crippen molar-refractivity contribution >= 4 is 10.8 Å². The molecule has 0 radical (unpaired) electrons. The Kier molecular flexibility index (Phi) is 7.69. The van der Waals surface area contributed by atoms with Crippen LogP contribution in [0.1, 0.15) is 38.2 Å². The molecule has 4 rings (SSSR count). The highest BCUT2D eigenvalue weighted by Crippen LogP contribution is 2.34. The van der Waals surface area contributed by atoms with E-state index in [0.29, 0.717) is 5.56 Å². The molecule has 182 valence electrons. The maximum Gasteiger partial charge on any atom is 0.387 e. The first-order valence-corrected chi connectivity index (χ1v) is 11.6. The number of hydrogen-bond donors (Lipinski definition) is 0. The zero-order valence-electron chi connectivity index (χ0n) is 19.3. The lowest BCUT2D eigenvalue weighted by Crippen LogP contribution is -2.06. The second-order valence-corrected chi connectivity index (χ2v) is 8.55. The van der Waals surface area contributed by atoms with Crippen LogP contribution in [0.15, 0.2) is 66.7 Å². The minimum absolute atomic E-state index is 0.0522. The van der Waals surface area contributed by atoms with E-state index in [1.165, 1.54) is 43.4 Å². The van der Waals surface area contributed by atoms with Crippen LogP contribution in [0.3, 0.4) is 0 Å². The summed E-state index contributed by atoms with van der Waals surface area (Å²) < 4.78 is 71.7. The third-order valence-corrected chi connectivity index (χ3v) is 6.04. The van der Waals surface area contributed by atoms with Gasteiger partial charge in [0.25, 0.3) is 0 Å². The van der Waals surface area contributed by atoms with E-state index in [-0.39, 0.29) is 11.1 Å². The molecule has 0 bridgehead atoms. The van der Waals surface area contributed by atoms with Crippen molar-refractivity contribution in [3.8, 4) is 28.0 Å².